The van der Waals surface area contributed by atoms with E-state index in [9.17, 15) is 4.79 Å². The highest BCUT2D eigenvalue weighted by Gasteiger charge is 2.11. The molecule has 0 spiro atoms. The van der Waals surface area contributed by atoms with Gasteiger partial charge in [0.15, 0.2) is 0 Å². The van der Waals surface area contributed by atoms with Gasteiger partial charge in [0.1, 0.15) is 11.6 Å². The van der Waals surface area contributed by atoms with Crippen molar-refractivity contribution < 1.29 is 9.53 Å². The molecule has 4 rings (SSSR count). The third-order valence-electron chi connectivity index (χ3n) is 6.24. The highest BCUT2D eigenvalue weighted by Crippen LogP contribution is 2.20. The van der Waals surface area contributed by atoms with Gasteiger partial charge in [-0.2, -0.15) is 0 Å². The minimum atomic E-state index is 0.103. The molecular formula is C30H35N3O2. The van der Waals surface area contributed by atoms with Crippen LogP contribution < -0.4 is 10.1 Å². The van der Waals surface area contributed by atoms with Crippen LogP contribution in [0.15, 0.2) is 72.8 Å². The molecule has 0 fully saturated rings. The Labute approximate surface area is 208 Å². The number of nitrogens with zero attached hydrogens (tertiary/aromatic N) is 2. The van der Waals surface area contributed by atoms with Crippen LogP contribution in [0, 0.1) is 13.8 Å². The van der Waals surface area contributed by atoms with E-state index in [0.717, 1.165) is 60.4 Å². The number of aromatic nitrogens is 2. The molecule has 0 atom stereocenters. The van der Waals surface area contributed by atoms with Gasteiger partial charge in [-0.05, 0) is 68.0 Å². The third kappa shape index (κ3) is 6.95. The molecular weight excluding hydrogens is 434 g/mol. The summed E-state index contributed by atoms with van der Waals surface area (Å²) in [7, 11) is 0. The zero-order chi connectivity index (χ0) is 24.5. The molecule has 5 heteroatoms. The van der Waals surface area contributed by atoms with Crippen LogP contribution in [0.4, 0.5) is 0 Å². The average Bonchev–Trinajstić information content (AvgIpc) is 3.23. The summed E-state index contributed by atoms with van der Waals surface area (Å²) in [6.45, 7) is 6.34. The Morgan fingerprint density at radius 1 is 0.943 bits per heavy atom. The van der Waals surface area contributed by atoms with Crippen molar-refractivity contribution in [2.24, 2.45) is 0 Å². The second-order valence-electron chi connectivity index (χ2n) is 9.08. The van der Waals surface area contributed by atoms with Gasteiger partial charge >= 0.3 is 0 Å². The van der Waals surface area contributed by atoms with E-state index in [0.29, 0.717) is 19.6 Å². The van der Waals surface area contributed by atoms with Crippen molar-refractivity contribution in [2.45, 2.75) is 52.5 Å². The zero-order valence-electron chi connectivity index (χ0n) is 20.8. The average molecular weight is 470 g/mol. The lowest BCUT2D eigenvalue weighted by atomic mass is 10.1. The number of aryl methyl sites for hydroxylation is 5. The summed E-state index contributed by atoms with van der Waals surface area (Å²) in [5, 5.41) is 3.06. The maximum atomic E-state index is 12.2. The Hall–Kier alpha value is -3.60. The quantitative estimate of drug-likeness (QED) is 0.267. The Bertz CT molecular complexity index is 1250. The molecule has 1 aromatic heterocycles. The number of benzene rings is 3. The number of carbonyl (C=O) groups is 1. The molecule has 1 N–H and O–H groups in total. The number of ether oxygens (including phenoxy) is 1. The monoisotopic (exact) mass is 469 g/mol. The first-order valence-electron chi connectivity index (χ1n) is 12.5. The smallest absolute Gasteiger partial charge is 0.220 e. The molecule has 0 aliphatic rings. The fourth-order valence-electron chi connectivity index (χ4n) is 4.30. The van der Waals surface area contributed by atoms with E-state index in [4.69, 9.17) is 9.72 Å². The second-order valence-corrected chi connectivity index (χ2v) is 9.08. The van der Waals surface area contributed by atoms with Crippen LogP contribution in [0.3, 0.4) is 0 Å². The number of hydrogen-bond donors (Lipinski definition) is 1. The normalized spacial score (nSPS) is 11.0. The highest BCUT2D eigenvalue weighted by atomic mass is 16.5. The van der Waals surface area contributed by atoms with Crippen molar-refractivity contribution in [3.63, 3.8) is 0 Å². The molecule has 3 aromatic carbocycles. The van der Waals surface area contributed by atoms with Gasteiger partial charge < -0.3 is 14.6 Å². The Kier molecular flexibility index (Phi) is 8.55. The number of para-hydroxylation sites is 2. The van der Waals surface area contributed by atoms with Crippen molar-refractivity contribution >= 4 is 16.9 Å². The summed E-state index contributed by atoms with van der Waals surface area (Å²) in [4.78, 5) is 17.1. The summed E-state index contributed by atoms with van der Waals surface area (Å²) in [6, 6.07) is 24.7. The van der Waals surface area contributed by atoms with Gasteiger partial charge in [-0.3, -0.25) is 4.79 Å². The second kappa shape index (κ2) is 12.2. The van der Waals surface area contributed by atoms with Crippen LogP contribution in [-0.2, 0) is 24.2 Å². The summed E-state index contributed by atoms with van der Waals surface area (Å²) < 4.78 is 8.37. The molecule has 182 valence electrons. The lowest BCUT2D eigenvalue weighted by molar-refractivity contribution is -0.121. The van der Waals surface area contributed by atoms with Crippen LogP contribution in [0.2, 0.25) is 0 Å². The molecule has 35 heavy (non-hydrogen) atoms. The maximum absolute atomic E-state index is 12.2. The molecule has 0 bridgehead atoms. The van der Waals surface area contributed by atoms with Crippen LogP contribution in [-0.4, -0.2) is 28.6 Å². The number of hydrogen-bond acceptors (Lipinski definition) is 3. The molecule has 1 amide bonds. The Morgan fingerprint density at radius 3 is 2.60 bits per heavy atom. The van der Waals surface area contributed by atoms with Gasteiger partial charge in [0.2, 0.25) is 5.91 Å². The van der Waals surface area contributed by atoms with E-state index in [1.165, 1.54) is 11.1 Å². The molecule has 0 saturated heterocycles. The zero-order valence-corrected chi connectivity index (χ0v) is 20.8. The topological polar surface area (TPSA) is 56.1 Å². The van der Waals surface area contributed by atoms with Gasteiger partial charge in [-0.1, -0.05) is 54.6 Å². The van der Waals surface area contributed by atoms with Gasteiger partial charge in [0.25, 0.3) is 0 Å². The van der Waals surface area contributed by atoms with Gasteiger partial charge in [0, 0.05) is 25.9 Å². The first-order chi connectivity index (χ1) is 17.1. The number of fused-ring (bicyclic) bond motifs is 1. The van der Waals surface area contributed by atoms with Crippen LogP contribution in [0.1, 0.15) is 41.8 Å². The van der Waals surface area contributed by atoms with Crippen LogP contribution in [0.25, 0.3) is 11.0 Å². The molecule has 0 saturated carbocycles. The predicted molar refractivity (Wildman–Crippen MR) is 142 cm³/mol. The van der Waals surface area contributed by atoms with E-state index in [-0.39, 0.29) is 5.91 Å². The number of rotatable bonds is 12. The summed E-state index contributed by atoms with van der Waals surface area (Å²) in [5.41, 5.74) is 5.74. The molecule has 0 unspecified atom stereocenters. The van der Waals surface area contributed by atoms with Gasteiger partial charge in [0.05, 0.1) is 17.6 Å². The fraction of sp³-hybridized carbons (Fsp3) is 0.333. The Morgan fingerprint density at radius 2 is 1.74 bits per heavy atom. The van der Waals surface area contributed by atoms with Crippen LogP contribution >= 0.6 is 0 Å². The van der Waals surface area contributed by atoms with Crippen molar-refractivity contribution in [3.05, 3.63) is 95.3 Å². The lowest BCUT2D eigenvalue weighted by Gasteiger charge is -2.12. The highest BCUT2D eigenvalue weighted by molar-refractivity contribution is 5.76. The SMILES string of the molecule is Cc1ccc(C)c(OCCCn2c(CCCNC(=O)CCc3ccccc3)nc3ccccc32)c1. The van der Waals surface area contributed by atoms with Crippen molar-refractivity contribution in [2.75, 3.05) is 13.2 Å². The largest absolute Gasteiger partial charge is 0.493 e. The van der Waals surface area contributed by atoms with Gasteiger partial charge in [-0.25, -0.2) is 4.98 Å². The van der Waals surface area contributed by atoms with Gasteiger partial charge in [-0.15, -0.1) is 0 Å². The van der Waals surface area contributed by atoms with Crippen molar-refractivity contribution in [3.8, 4) is 5.75 Å². The first-order valence-corrected chi connectivity index (χ1v) is 12.5. The molecule has 0 radical (unpaired) electrons. The number of imidazole rings is 1. The van der Waals surface area contributed by atoms with Crippen LogP contribution in [0.5, 0.6) is 5.75 Å². The summed E-state index contributed by atoms with van der Waals surface area (Å²) in [6.07, 6.45) is 3.87. The number of amides is 1. The number of nitrogens with one attached hydrogen (secondary N) is 1. The van der Waals surface area contributed by atoms with E-state index in [2.05, 4.69) is 72.3 Å². The van der Waals surface area contributed by atoms with E-state index < -0.39 is 0 Å². The molecule has 4 aromatic rings. The number of carbonyl (C=O) groups excluding carboxylic acids is 1. The Balaban J connectivity index is 1.27. The van der Waals surface area contributed by atoms with Crippen molar-refractivity contribution in [1.29, 1.82) is 0 Å². The minimum Gasteiger partial charge on any atom is -0.493 e. The molecule has 5 nitrogen and oxygen atoms in total. The first kappa shape index (κ1) is 24.5. The summed E-state index contributed by atoms with van der Waals surface area (Å²) in [5.74, 6) is 2.13. The van der Waals surface area contributed by atoms with E-state index >= 15 is 0 Å². The standard InChI is InChI=1S/C30H35N3O2/c1-23-15-16-24(2)28(22-23)35-21-9-20-33-27-13-7-6-12-26(27)32-29(33)14-8-19-31-30(34)18-17-25-10-4-3-5-11-25/h3-7,10-13,15-16,22H,8-9,14,17-21H2,1-2H3,(H,31,34). The maximum Gasteiger partial charge on any atom is 0.220 e. The van der Waals surface area contributed by atoms with E-state index in [1.54, 1.807) is 0 Å². The molecule has 0 aliphatic carbocycles. The third-order valence-corrected chi connectivity index (χ3v) is 6.24. The minimum absolute atomic E-state index is 0.103. The van der Waals surface area contributed by atoms with Crippen molar-refractivity contribution in [1.82, 2.24) is 14.9 Å². The summed E-state index contributed by atoms with van der Waals surface area (Å²) >= 11 is 0. The fourth-order valence-corrected chi connectivity index (χ4v) is 4.30. The molecule has 1 heterocycles. The molecule has 0 aliphatic heterocycles. The lowest BCUT2D eigenvalue weighted by Crippen LogP contribution is -2.25. The predicted octanol–water partition coefficient (Wildman–Crippen LogP) is 5.80. The van der Waals surface area contributed by atoms with E-state index in [1.807, 2.05) is 24.3 Å².